The van der Waals surface area contributed by atoms with Gasteiger partial charge in [0.15, 0.2) is 6.29 Å². The number of aldehydes is 1. The van der Waals surface area contributed by atoms with Gasteiger partial charge in [0.1, 0.15) is 24.5 Å². The Balaban J connectivity index is 1.77. The van der Waals surface area contributed by atoms with Gasteiger partial charge in [0, 0.05) is 18.3 Å². The Morgan fingerprint density at radius 1 is 1.21 bits per heavy atom. The van der Waals surface area contributed by atoms with Crippen molar-refractivity contribution in [2.24, 2.45) is 0 Å². The molecule has 0 fully saturated rings. The average molecular weight is 330 g/mol. The van der Waals surface area contributed by atoms with E-state index in [9.17, 15) is 19.8 Å². The fourth-order valence-corrected chi connectivity index (χ4v) is 1.96. The number of carbonyl (C=O) groups excluding carboxylic acids is 2. The molecule has 2 rings (SSSR count). The molecule has 0 radical (unpaired) electrons. The van der Waals surface area contributed by atoms with Gasteiger partial charge >= 0.3 is 6.09 Å². The summed E-state index contributed by atoms with van der Waals surface area (Å²) >= 11 is 0. The molecule has 2 atom stereocenters. The van der Waals surface area contributed by atoms with Crippen LogP contribution < -0.4 is 5.32 Å². The van der Waals surface area contributed by atoms with Gasteiger partial charge in [-0.3, -0.25) is 9.78 Å². The molecule has 0 saturated heterocycles. The Kier molecular flexibility index (Phi) is 6.41. The predicted molar refractivity (Wildman–Crippen MR) is 85.2 cm³/mol. The summed E-state index contributed by atoms with van der Waals surface area (Å²) in [5.41, 5.74) is 1.41. The maximum Gasteiger partial charge on any atom is 0.407 e. The first-order valence-corrected chi connectivity index (χ1v) is 7.32. The Morgan fingerprint density at radius 3 is 2.58 bits per heavy atom. The Hall–Kier alpha value is -2.77. The number of hydrogen-bond donors (Lipinski definition) is 3. The summed E-state index contributed by atoms with van der Waals surface area (Å²) in [6.07, 6.45) is -1.30. The normalized spacial score (nSPS) is 12.9. The van der Waals surface area contributed by atoms with E-state index in [2.05, 4.69) is 10.3 Å². The van der Waals surface area contributed by atoms with E-state index in [0.29, 0.717) is 11.8 Å². The minimum absolute atomic E-state index is 0.113. The topological polar surface area (TPSA) is 109 Å². The standard InChI is InChI=1S/C17H18N2O5/c20-10-14-7-6-13(8-18-14)16(22)15(21)9-19-17(23)24-11-12-4-2-1-3-5-12/h1-8,10,15-16,21-22H,9,11H2,(H,19,23). The monoisotopic (exact) mass is 330 g/mol. The molecular weight excluding hydrogens is 312 g/mol. The summed E-state index contributed by atoms with van der Waals surface area (Å²) < 4.78 is 5.00. The number of carbonyl (C=O) groups is 2. The molecule has 126 valence electrons. The minimum Gasteiger partial charge on any atom is -0.445 e. The van der Waals surface area contributed by atoms with Crippen LogP contribution >= 0.6 is 0 Å². The van der Waals surface area contributed by atoms with Gasteiger partial charge in [-0.15, -0.1) is 0 Å². The zero-order chi connectivity index (χ0) is 17.4. The van der Waals surface area contributed by atoms with Gasteiger partial charge in [0.05, 0.1) is 0 Å². The number of aliphatic hydroxyl groups excluding tert-OH is 2. The molecule has 7 heteroatoms. The Labute approximate surface area is 138 Å². The molecule has 0 aliphatic heterocycles. The molecule has 0 spiro atoms. The molecule has 1 heterocycles. The number of hydrogen-bond acceptors (Lipinski definition) is 6. The number of rotatable bonds is 7. The highest BCUT2D eigenvalue weighted by molar-refractivity contribution is 5.71. The van der Waals surface area contributed by atoms with Gasteiger partial charge < -0.3 is 20.3 Å². The van der Waals surface area contributed by atoms with E-state index < -0.39 is 18.3 Å². The van der Waals surface area contributed by atoms with E-state index in [1.54, 1.807) is 0 Å². The van der Waals surface area contributed by atoms with Crippen LogP contribution in [-0.4, -0.2) is 40.2 Å². The fourth-order valence-electron chi connectivity index (χ4n) is 1.96. The highest BCUT2D eigenvalue weighted by Gasteiger charge is 2.19. The second kappa shape index (κ2) is 8.76. The van der Waals surface area contributed by atoms with Crippen molar-refractivity contribution in [2.75, 3.05) is 6.54 Å². The van der Waals surface area contributed by atoms with Crippen molar-refractivity contribution in [1.29, 1.82) is 0 Å². The van der Waals surface area contributed by atoms with Crippen LogP contribution in [-0.2, 0) is 11.3 Å². The third-order valence-electron chi connectivity index (χ3n) is 3.30. The van der Waals surface area contributed by atoms with E-state index >= 15 is 0 Å². The van der Waals surface area contributed by atoms with Crippen molar-refractivity contribution in [1.82, 2.24) is 10.3 Å². The lowest BCUT2D eigenvalue weighted by atomic mass is 10.1. The highest BCUT2D eigenvalue weighted by atomic mass is 16.5. The van der Waals surface area contributed by atoms with Crippen LogP contribution in [0, 0.1) is 0 Å². The molecule has 7 nitrogen and oxygen atoms in total. The first-order valence-electron chi connectivity index (χ1n) is 7.32. The molecule has 0 aliphatic rings. The summed E-state index contributed by atoms with van der Waals surface area (Å²) in [4.78, 5) is 25.9. The number of nitrogens with zero attached hydrogens (tertiary/aromatic N) is 1. The number of benzene rings is 1. The van der Waals surface area contributed by atoms with Crippen LogP contribution in [0.2, 0.25) is 0 Å². The van der Waals surface area contributed by atoms with Gasteiger partial charge in [-0.25, -0.2) is 4.79 Å². The van der Waals surface area contributed by atoms with Gasteiger partial charge in [-0.1, -0.05) is 36.4 Å². The molecule has 24 heavy (non-hydrogen) atoms. The zero-order valence-electron chi connectivity index (χ0n) is 12.8. The third kappa shape index (κ3) is 5.15. The lowest BCUT2D eigenvalue weighted by molar-refractivity contribution is 0.0182. The van der Waals surface area contributed by atoms with Gasteiger partial charge in [-0.05, 0) is 11.6 Å². The quantitative estimate of drug-likeness (QED) is 0.659. The van der Waals surface area contributed by atoms with Crippen LogP contribution in [0.1, 0.15) is 27.7 Å². The number of amides is 1. The SMILES string of the molecule is O=Cc1ccc(C(O)C(O)CNC(=O)OCc2ccccc2)cn1. The van der Waals surface area contributed by atoms with E-state index in [-0.39, 0.29) is 18.8 Å². The van der Waals surface area contributed by atoms with Crippen molar-refractivity contribution >= 4 is 12.4 Å². The molecule has 2 unspecified atom stereocenters. The van der Waals surface area contributed by atoms with E-state index in [4.69, 9.17) is 4.74 Å². The van der Waals surface area contributed by atoms with Crippen molar-refractivity contribution in [3.63, 3.8) is 0 Å². The summed E-state index contributed by atoms with van der Waals surface area (Å²) in [6, 6.07) is 12.1. The second-order valence-electron chi connectivity index (χ2n) is 5.09. The van der Waals surface area contributed by atoms with Crippen molar-refractivity contribution in [3.8, 4) is 0 Å². The molecule has 0 saturated carbocycles. The minimum atomic E-state index is -1.24. The van der Waals surface area contributed by atoms with Crippen LogP contribution in [0.25, 0.3) is 0 Å². The molecule has 1 amide bonds. The van der Waals surface area contributed by atoms with E-state index in [1.807, 2.05) is 30.3 Å². The zero-order valence-corrected chi connectivity index (χ0v) is 12.8. The average Bonchev–Trinajstić information content (AvgIpc) is 2.64. The van der Waals surface area contributed by atoms with Gasteiger partial charge in [-0.2, -0.15) is 0 Å². The smallest absolute Gasteiger partial charge is 0.407 e. The highest BCUT2D eigenvalue weighted by Crippen LogP contribution is 2.15. The van der Waals surface area contributed by atoms with Crippen LogP contribution in [0.5, 0.6) is 0 Å². The van der Waals surface area contributed by atoms with Crippen LogP contribution in [0.3, 0.4) is 0 Å². The summed E-state index contributed by atoms with van der Waals surface area (Å²) in [5, 5.41) is 22.3. The molecular formula is C17H18N2O5. The van der Waals surface area contributed by atoms with Gasteiger partial charge in [0.2, 0.25) is 0 Å². The number of aromatic nitrogens is 1. The lowest BCUT2D eigenvalue weighted by Crippen LogP contribution is -2.35. The first kappa shape index (κ1) is 17.6. The molecule has 3 N–H and O–H groups in total. The maximum atomic E-state index is 11.6. The van der Waals surface area contributed by atoms with Crippen LogP contribution in [0.15, 0.2) is 48.7 Å². The Bertz CT molecular complexity index is 660. The number of pyridine rings is 1. The number of alkyl carbamates (subject to hydrolysis) is 1. The predicted octanol–water partition coefficient (Wildman–Crippen LogP) is 1.21. The van der Waals surface area contributed by atoms with E-state index in [0.717, 1.165) is 5.56 Å². The third-order valence-corrected chi connectivity index (χ3v) is 3.30. The van der Waals surface area contributed by atoms with E-state index in [1.165, 1.54) is 18.3 Å². The number of aliphatic hydroxyl groups is 2. The summed E-state index contributed by atoms with van der Waals surface area (Å²) in [6.45, 7) is -0.0768. The maximum absolute atomic E-state index is 11.6. The molecule has 1 aromatic heterocycles. The second-order valence-corrected chi connectivity index (χ2v) is 5.09. The molecule has 0 bridgehead atoms. The van der Waals surface area contributed by atoms with Crippen molar-refractivity contribution in [3.05, 3.63) is 65.5 Å². The van der Waals surface area contributed by atoms with Crippen LogP contribution in [0.4, 0.5) is 4.79 Å². The molecule has 1 aromatic carbocycles. The fraction of sp³-hybridized carbons (Fsp3) is 0.235. The lowest BCUT2D eigenvalue weighted by Gasteiger charge is -2.18. The number of ether oxygens (including phenoxy) is 1. The van der Waals surface area contributed by atoms with Gasteiger partial charge in [0.25, 0.3) is 0 Å². The number of nitrogens with one attached hydrogen (secondary N) is 1. The molecule has 0 aliphatic carbocycles. The Morgan fingerprint density at radius 2 is 1.96 bits per heavy atom. The largest absolute Gasteiger partial charge is 0.445 e. The summed E-state index contributed by atoms with van der Waals surface area (Å²) in [5.74, 6) is 0. The summed E-state index contributed by atoms with van der Waals surface area (Å²) in [7, 11) is 0. The van der Waals surface area contributed by atoms with Crippen molar-refractivity contribution in [2.45, 2.75) is 18.8 Å². The first-order chi connectivity index (χ1) is 11.6. The molecule has 2 aromatic rings. The van der Waals surface area contributed by atoms with Crippen molar-refractivity contribution < 1.29 is 24.5 Å².